The molecular weight excluding hydrogens is 252 g/mol. The van der Waals surface area contributed by atoms with Gasteiger partial charge in [0, 0.05) is 36.6 Å². The molecule has 0 saturated heterocycles. The number of carbonyl (C=O) groups is 1. The first kappa shape index (κ1) is 14.9. The van der Waals surface area contributed by atoms with Crippen LogP contribution in [0, 0.1) is 5.92 Å². The van der Waals surface area contributed by atoms with E-state index in [2.05, 4.69) is 11.8 Å². The van der Waals surface area contributed by atoms with E-state index in [1.54, 1.807) is 14.0 Å². The number of nitrogens with zero attached hydrogens (tertiary/aromatic N) is 1. The summed E-state index contributed by atoms with van der Waals surface area (Å²) in [5, 5.41) is 0. The van der Waals surface area contributed by atoms with Crippen LogP contribution >= 0.6 is 0 Å². The zero-order chi connectivity index (χ0) is 14.7. The molecule has 1 unspecified atom stereocenters. The van der Waals surface area contributed by atoms with Crippen molar-refractivity contribution < 1.29 is 9.53 Å². The predicted molar refractivity (Wildman–Crippen MR) is 82.3 cm³/mol. The smallest absolute Gasteiger partial charge is 0.161 e. The summed E-state index contributed by atoms with van der Waals surface area (Å²) in [6.07, 6.45) is 2.58. The molecular formula is C16H24N2O2. The van der Waals surface area contributed by atoms with Gasteiger partial charge in [0.25, 0.3) is 0 Å². The summed E-state index contributed by atoms with van der Waals surface area (Å²) in [4.78, 5) is 14.0. The van der Waals surface area contributed by atoms with E-state index in [0.717, 1.165) is 18.2 Å². The number of Topliss-reactive ketones (excluding diaryl/α,β-unsaturated/α-hetero) is 1. The first-order valence-corrected chi connectivity index (χ1v) is 7.20. The largest absolute Gasteiger partial charge is 0.398 e. The van der Waals surface area contributed by atoms with Crippen LogP contribution in [0.25, 0.3) is 0 Å². The van der Waals surface area contributed by atoms with Gasteiger partial charge in [0.05, 0.1) is 6.61 Å². The van der Waals surface area contributed by atoms with Crippen molar-refractivity contribution in [1.29, 1.82) is 0 Å². The minimum atomic E-state index is 0.00937. The molecule has 1 fully saturated rings. The molecule has 0 bridgehead atoms. The Morgan fingerprint density at radius 1 is 1.50 bits per heavy atom. The van der Waals surface area contributed by atoms with E-state index >= 15 is 0 Å². The highest BCUT2D eigenvalue weighted by Gasteiger charge is 2.32. The monoisotopic (exact) mass is 276 g/mol. The maximum absolute atomic E-state index is 11.6. The Morgan fingerprint density at radius 3 is 2.75 bits per heavy atom. The molecule has 1 aliphatic carbocycles. The Bertz CT molecular complexity index is 483. The van der Waals surface area contributed by atoms with Crippen molar-refractivity contribution in [3.8, 4) is 0 Å². The van der Waals surface area contributed by atoms with Gasteiger partial charge in [-0.1, -0.05) is 0 Å². The Kier molecular flexibility index (Phi) is 4.65. The second kappa shape index (κ2) is 6.27. The number of nitrogen functional groups attached to an aromatic ring is 1. The van der Waals surface area contributed by atoms with Crippen molar-refractivity contribution in [2.24, 2.45) is 5.92 Å². The van der Waals surface area contributed by atoms with E-state index in [1.807, 2.05) is 18.2 Å². The van der Waals surface area contributed by atoms with Gasteiger partial charge in [-0.05, 0) is 50.8 Å². The second-order valence-electron chi connectivity index (χ2n) is 5.59. The normalized spacial score (nSPS) is 15.9. The van der Waals surface area contributed by atoms with Crippen molar-refractivity contribution in [3.63, 3.8) is 0 Å². The van der Waals surface area contributed by atoms with Crippen LogP contribution < -0.4 is 10.6 Å². The van der Waals surface area contributed by atoms with Crippen LogP contribution in [0.2, 0.25) is 0 Å². The predicted octanol–water partition coefficient (Wildman–Crippen LogP) is 2.72. The molecule has 1 aliphatic rings. The van der Waals surface area contributed by atoms with Crippen molar-refractivity contribution in [2.45, 2.75) is 32.7 Å². The maximum atomic E-state index is 11.6. The van der Waals surface area contributed by atoms with Crippen LogP contribution in [-0.4, -0.2) is 32.1 Å². The molecule has 110 valence electrons. The van der Waals surface area contributed by atoms with E-state index in [4.69, 9.17) is 10.5 Å². The minimum absolute atomic E-state index is 0.00937. The van der Waals surface area contributed by atoms with Gasteiger partial charge < -0.3 is 15.4 Å². The quantitative estimate of drug-likeness (QED) is 0.614. The van der Waals surface area contributed by atoms with Gasteiger partial charge in [-0.2, -0.15) is 0 Å². The highest BCUT2D eigenvalue weighted by molar-refractivity contribution is 6.00. The average molecular weight is 276 g/mol. The molecule has 0 radical (unpaired) electrons. The van der Waals surface area contributed by atoms with E-state index in [-0.39, 0.29) is 5.78 Å². The van der Waals surface area contributed by atoms with Crippen molar-refractivity contribution in [1.82, 2.24) is 0 Å². The van der Waals surface area contributed by atoms with Gasteiger partial charge in [0.15, 0.2) is 5.78 Å². The fourth-order valence-electron chi connectivity index (χ4n) is 2.62. The van der Waals surface area contributed by atoms with Crippen LogP contribution in [0.3, 0.4) is 0 Å². The number of benzene rings is 1. The topological polar surface area (TPSA) is 55.6 Å². The average Bonchev–Trinajstić information content (AvgIpc) is 3.24. The summed E-state index contributed by atoms with van der Waals surface area (Å²) in [6, 6.07) is 6.20. The highest BCUT2D eigenvalue weighted by atomic mass is 16.5. The maximum Gasteiger partial charge on any atom is 0.161 e. The van der Waals surface area contributed by atoms with Gasteiger partial charge >= 0.3 is 0 Å². The van der Waals surface area contributed by atoms with E-state index < -0.39 is 0 Å². The first-order chi connectivity index (χ1) is 9.54. The summed E-state index contributed by atoms with van der Waals surface area (Å²) in [6.45, 7) is 5.31. The van der Waals surface area contributed by atoms with Crippen LogP contribution in [-0.2, 0) is 4.74 Å². The fourth-order valence-corrected chi connectivity index (χ4v) is 2.62. The third-order valence-corrected chi connectivity index (χ3v) is 4.08. The van der Waals surface area contributed by atoms with Crippen molar-refractivity contribution in [3.05, 3.63) is 23.8 Å². The summed E-state index contributed by atoms with van der Waals surface area (Å²) >= 11 is 0. The molecule has 20 heavy (non-hydrogen) atoms. The lowest BCUT2D eigenvalue weighted by molar-refractivity contribution is 0.101. The minimum Gasteiger partial charge on any atom is -0.398 e. The standard InChI is InChI=1S/C16H24N2O2/c1-11(13-4-5-13)18(8-9-20-3)14-6-7-16(17)15(10-14)12(2)19/h6-7,10-11,13H,4-5,8-9,17H2,1-3H3. The van der Waals surface area contributed by atoms with Crippen LogP contribution in [0.1, 0.15) is 37.0 Å². The van der Waals surface area contributed by atoms with Crippen LogP contribution in [0.15, 0.2) is 18.2 Å². The van der Waals surface area contributed by atoms with Gasteiger partial charge in [0.1, 0.15) is 0 Å². The summed E-state index contributed by atoms with van der Waals surface area (Å²) in [5.41, 5.74) is 8.08. The van der Waals surface area contributed by atoms with E-state index in [1.165, 1.54) is 12.8 Å². The van der Waals surface area contributed by atoms with Gasteiger partial charge in [-0.25, -0.2) is 0 Å². The van der Waals surface area contributed by atoms with E-state index in [9.17, 15) is 4.79 Å². The lowest BCUT2D eigenvalue weighted by atomic mass is 10.1. The molecule has 0 amide bonds. The molecule has 0 spiro atoms. The molecule has 2 rings (SSSR count). The second-order valence-corrected chi connectivity index (χ2v) is 5.59. The molecule has 4 heteroatoms. The lowest BCUT2D eigenvalue weighted by Gasteiger charge is -2.32. The molecule has 1 aromatic rings. The van der Waals surface area contributed by atoms with Crippen molar-refractivity contribution in [2.75, 3.05) is 30.9 Å². The Labute approximate surface area is 120 Å². The number of hydrogen-bond donors (Lipinski definition) is 1. The number of nitrogens with two attached hydrogens (primary N) is 1. The summed E-state index contributed by atoms with van der Waals surface area (Å²) in [5.74, 6) is 0.764. The van der Waals surface area contributed by atoms with Gasteiger partial charge in [-0.3, -0.25) is 4.79 Å². The molecule has 1 aromatic carbocycles. The highest BCUT2D eigenvalue weighted by Crippen LogP contribution is 2.37. The zero-order valence-electron chi connectivity index (χ0n) is 12.6. The number of ether oxygens (including phenoxy) is 1. The Balaban J connectivity index is 2.27. The molecule has 0 aromatic heterocycles. The molecule has 1 saturated carbocycles. The molecule has 0 heterocycles. The summed E-state index contributed by atoms with van der Waals surface area (Å²) in [7, 11) is 1.71. The number of anilines is 2. The third kappa shape index (κ3) is 3.31. The van der Waals surface area contributed by atoms with Gasteiger partial charge in [-0.15, -0.1) is 0 Å². The van der Waals surface area contributed by atoms with Crippen LogP contribution in [0.5, 0.6) is 0 Å². The SMILES string of the molecule is COCCN(c1ccc(N)c(C(C)=O)c1)C(C)C1CC1. The lowest BCUT2D eigenvalue weighted by Crippen LogP contribution is -2.37. The number of carbonyl (C=O) groups excluding carboxylic acids is 1. The number of hydrogen-bond acceptors (Lipinski definition) is 4. The molecule has 0 aliphatic heterocycles. The number of methoxy groups -OCH3 is 1. The van der Waals surface area contributed by atoms with E-state index in [0.29, 0.717) is 23.9 Å². The Hall–Kier alpha value is -1.55. The fraction of sp³-hybridized carbons (Fsp3) is 0.562. The third-order valence-electron chi connectivity index (χ3n) is 4.08. The molecule has 4 nitrogen and oxygen atoms in total. The van der Waals surface area contributed by atoms with Crippen molar-refractivity contribution >= 4 is 17.2 Å². The number of rotatable bonds is 7. The molecule has 1 atom stereocenters. The number of ketones is 1. The van der Waals surface area contributed by atoms with Gasteiger partial charge in [0.2, 0.25) is 0 Å². The summed E-state index contributed by atoms with van der Waals surface area (Å²) < 4.78 is 5.21. The Morgan fingerprint density at radius 2 is 2.20 bits per heavy atom. The zero-order valence-corrected chi connectivity index (χ0v) is 12.6. The molecule has 2 N–H and O–H groups in total. The first-order valence-electron chi connectivity index (χ1n) is 7.20. The van der Waals surface area contributed by atoms with Crippen LogP contribution in [0.4, 0.5) is 11.4 Å².